The van der Waals surface area contributed by atoms with Crippen molar-refractivity contribution in [2.24, 2.45) is 0 Å². The van der Waals surface area contributed by atoms with Gasteiger partial charge in [-0.2, -0.15) is 0 Å². The Balaban J connectivity index is 0.000000246. The summed E-state index contributed by atoms with van der Waals surface area (Å²) >= 11 is 3.46. The highest BCUT2D eigenvalue weighted by Gasteiger charge is 2.02. The van der Waals surface area contributed by atoms with Crippen LogP contribution in [0.25, 0.3) is 0 Å². The van der Waals surface area contributed by atoms with Crippen LogP contribution in [0, 0.1) is 18.8 Å². The minimum atomic E-state index is 0.522. The third-order valence-electron chi connectivity index (χ3n) is 3.09. The molecule has 0 atom stereocenters. The molecule has 2 heteroatoms. The lowest BCUT2D eigenvalue weighted by Crippen LogP contribution is -1.91. The third-order valence-corrected chi connectivity index (χ3v) is 4.67. The second kappa shape index (κ2) is 8.58. The number of benzene rings is 1. The minimum Gasteiger partial charge on any atom is -0.149 e. The number of aryl methyl sites for hydroxylation is 1. The second-order valence-electron chi connectivity index (χ2n) is 5.19. The average molecular weight is 325 g/mol. The molecular formula is C20H20S2. The predicted octanol–water partition coefficient (Wildman–Crippen LogP) is 6.33. The zero-order valence-corrected chi connectivity index (χ0v) is 14.8. The van der Waals surface area contributed by atoms with Crippen LogP contribution in [0.5, 0.6) is 0 Å². The van der Waals surface area contributed by atoms with Gasteiger partial charge in [0, 0.05) is 10.4 Å². The normalized spacial score (nSPS) is 9.64. The molecule has 0 aliphatic rings. The van der Waals surface area contributed by atoms with Gasteiger partial charge in [-0.25, -0.2) is 0 Å². The second-order valence-corrected chi connectivity index (χ2v) is 7.29. The maximum Gasteiger partial charge on any atom is 0.0772 e. The largest absolute Gasteiger partial charge is 0.149 e. The molecule has 0 aliphatic carbocycles. The van der Waals surface area contributed by atoms with Crippen LogP contribution >= 0.6 is 22.7 Å². The summed E-state index contributed by atoms with van der Waals surface area (Å²) in [4.78, 5) is 2.51. The molecule has 112 valence electrons. The van der Waals surface area contributed by atoms with E-state index in [-0.39, 0.29) is 0 Å². The van der Waals surface area contributed by atoms with Gasteiger partial charge < -0.3 is 0 Å². The van der Waals surface area contributed by atoms with Crippen molar-refractivity contribution in [3.8, 4) is 11.8 Å². The van der Waals surface area contributed by atoms with E-state index in [4.69, 9.17) is 0 Å². The number of thiophene rings is 2. The van der Waals surface area contributed by atoms with Crippen molar-refractivity contribution in [3.63, 3.8) is 0 Å². The summed E-state index contributed by atoms with van der Waals surface area (Å²) in [7, 11) is 0. The zero-order chi connectivity index (χ0) is 15.8. The monoisotopic (exact) mass is 324 g/mol. The van der Waals surface area contributed by atoms with Gasteiger partial charge in [0.2, 0.25) is 0 Å². The van der Waals surface area contributed by atoms with Crippen molar-refractivity contribution in [1.29, 1.82) is 0 Å². The van der Waals surface area contributed by atoms with E-state index in [2.05, 4.69) is 79.8 Å². The van der Waals surface area contributed by atoms with Crippen LogP contribution < -0.4 is 0 Å². The van der Waals surface area contributed by atoms with Crippen LogP contribution in [0.3, 0.4) is 0 Å². The van der Waals surface area contributed by atoms with Gasteiger partial charge in [-0.1, -0.05) is 56.0 Å². The fraction of sp³-hybridized carbons (Fsp3) is 0.200. The SMILES string of the molecule is CC(C)c1ccccc1C#Cc1cccs1.Cc1cccs1. The van der Waals surface area contributed by atoms with E-state index in [1.54, 1.807) is 22.7 Å². The predicted molar refractivity (Wildman–Crippen MR) is 99.9 cm³/mol. The van der Waals surface area contributed by atoms with E-state index < -0.39 is 0 Å². The zero-order valence-electron chi connectivity index (χ0n) is 13.2. The molecule has 0 radical (unpaired) electrons. The quantitative estimate of drug-likeness (QED) is 0.459. The van der Waals surface area contributed by atoms with Crippen molar-refractivity contribution in [3.05, 3.63) is 80.2 Å². The first-order valence-electron chi connectivity index (χ1n) is 7.31. The van der Waals surface area contributed by atoms with E-state index in [9.17, 15) is 0 Å². The van der Waals surface area contributed by atoms with Crippen LogP contribution in [-0.2, 0) is 0 Å². The summed E-state index contributed by atoms with van der Waals surface area (Å²) in [6.45, 7) is 6.50. The number of hydrogen-bond acceptors (Lipinski definition) is 2. The number of rotatable bonds is 1. The Morgan fingerprint density at radius 3 is 2.09 bits per heavy atom. The lowest BCUT2D eigenvalue weighted by atomic mass is 9.98. The van der Waals surface area contributed by atoms with Crippen molar-refractivity contribution >= 4 is 22.7 Å². The summed E-state index contributed by atoms with van der Waals surface area (Å²) in [6.07, 6.45) is 0. The Hall–Kier alpha value is -1.82. The Morgan fingerprint density at radius 2 is 1.55 bits per heavy atom. The van der Waals surface area contributed by atoms with Crippen LogP contribution in [0.1, 0.15) is 40.6 Å². The van der Waals surface area contributed by atoms with E-state index in [1.807, 2.05) is 12.1 Å². The highest BCUT2D eigenvalue weighted by Crippen LogP contribution is 2.18. The molecule has 2 heterocycles. The van der Waals surface area contributed by atoms with Crippen molar-refractivity contribution in [2.75, 3.05) is 0 Å². The summed E-state index contributed by atoms with van der Waals surface area (Å²) in [5, 5.41) is 4.13. The maximum atomic E-state index is 3.26. The first-order valence-corrected chi connectivity index (χ1v) is 9.07. The molecule has 0 unspecified atom stereocenters. The molecule has 1 aromatic carbocycles. The molecule has 0 fully saturated rings. The number of hydrogen-bond donors (Lipinski definition) is 0. The fourth-order valence-corrected chi connectivity index (χ4v) is 3.05. The molecule has 0 N–H and O–H groups in total. The molecule has 3 rings (SSSR count). The van der Waals surface area contributed by atoms with Gasteiger partial charge in [-0.3, -0.25) is 0 Å². The molecular weight excluding hydrogens is 304 g/mol. The van der Waals surface area contributed by atoms with Crippen molar-refractivity contribution < 1.29 is 0 Å². The fourth-order valence-electron chi connectivity index (χ4n) is 1.95. The van der Waals surface area contributed by atoms with Gasteiger partial charge in [-0.05, 0) is 47.4 Å². The Labute approximate surface area is 141 Å². The standard InChI is InChI=1S/C15H14S.C5H6S/c1-12(2)15-8-4-3-6-13(15)9-10-14-7-5-11-16-14;1-5-3-2-4-6-5/h3-8,11-12H,1-2H3;2-4H,1H3. The first kappa shape index (κ1) is 16.5. The molecule has 0 aliphatic heterocycles. The summed E-state index contributed by atoms with van der Waals surface area (Å²) in [5.74, 6) is 6.98. The summed E-state index contributed by atoms with van der Waals surface area (Å²) in [6, 6.07) is 16.6. The molecule has 3 aromatic rings. The Kier molecular flexibility index (Phi) is 6.45. The highest BCUT2D eigenvalue weighted by atomic mass is 32.1. The van der Waals surface area contributed by atoms with Crippen molar-refractivity contribution in [2.45, 2.75) is 26.7 Å². The lowest BCUT2D eigenvalue weighted by molar-refractivity contribution is 0.863. The van der Waals surface area contributed by atoms with Crippen LogP contribution in [-0.4, -0.2) is 0 Å². The summed E-state index contributed by atoms with van der Waals surface area (Å²) < 4.78 is 0. The highest BCUT2D eigenvalue weighted by molar-refractivity contribution is 7.10. The van der Waals surface area contributed by atoms with Crippen LogP contribution in [0.2, 0.25) is 0 Å². The molecule has 0 saturated heterocycles. The van der Waals surface area contributed by atoms with Gasteiger partial charge in [0.25, 0.3) is 0 Å². The maximum absolute atomic E-state index is 3.26. The molecule has 0 bridgehead atoms. The molecule has 0 spiro atoms. The minimum absolute atomic E-state index is 0.522. The van der Waals surface area contributed by atoms with Crippen molar-refractivity contribution in [1.82, 2.24) is 0 Å². The van der Waals surface area contributed by atoms with Crippen LogP contribution in [0.15, 0.2) is 59.3 Å². The van der Waals surface area contributed by atoms with Gasteiger partial charge in [0.15, 0.2) is 0 Å². The van der Waals surface area contributed by atoms with Gasteiger partial charge in [0.05, 0.1) is 4.88 Å². The molecule has 0 amide bonds. The van der Waals surface area contributed by atoms with Gasteiger partial charge in [0.1, 0.15) is 0 Å². The van der Waals surface area contributed by atoms with E-state index in [0.29, 0.717) is 5.92 Å². The van der Waals surface area contributed by atoms with Gasteiger partial charge >= 0.3 is 0 Å². The van der Waals surface area contributed by atoms with E-state index in [1.165, 1.54) is 10.4 Å². The Morgan fingerprint density at radius 1 is 0.818 bits per heavy atom. The van der Waals surface area contributed by atoms with Crippen LogP contribution in [0.4, 0.5) is 0 Å². The lowest BCUT2D eigenvalue weighted by Gasteiger charge is -2.07. The van der Waals surface area contributed by atoms with Gasteiger partial charge in [-0.15, -0.1) is 22.7 Å². The molecule has 0 nitrogen and oxygen atoms in total. The third kappa shape index (κ3) is 5.18. The van der Waals surface area contributed by atoms with E-state index >= 15 is 0 Å². The smallest absolute Gasteiger partial charge is 0.0772 e. The average Bonchev–Trinajstić information content (AvgIpc) is 3.19. The first-order chi connectivity index (χ1) is 10.7. The molecule has 2 aromatic heterocycles. The molecule has 22 heavy (non-hydrogen) atoms. The Bertz CT molecular complexity index is 724. The summed E-state index contributed by atoms with van der Waals surface area (Å²) in [5.41, 5.74) is 2.47. The van der Waals surface area contributed by atoms with E-state index in [0.717, 1.165) is 10.4 Å². The topological polar surface area (TPSA) is 0 Å². The molecule has 0 saturated carbocycles.